The van der Waals surface area contributed by atoms with E-state index in [1.807, 2.05) is 24.3 Å². The van der Waals surface area contributed by atoms with Crippen LogP contribution in [0, 0.1) is 12.7 Å². The molecule has 0 spiro atoms. The number of carbonyl (C=O) groups excluding carboxylic acids is 2. The number of pyridine rings is 1. The molecule has 1 saturated heterocycles. The summed E-state index contributed by atoms with van der Waals surface area (Å²) in [7, 11) is 0. The van der Waals surface area contributed by atoms with Gasteiger partial charge in [0.2, 0.25) is 0 Å². The van der Waals surface area contributed by atoms with Crippen LogP contribution < -0.4 is 4.90 Å². The van der Waals surface area contributed by atoms with E-state index in [1.54, 1.807) is 31.3 Å². The van der Waals surface area contributed by atoms with Crippen molar-refractivity contribution in [2.45, 2.75) is 13.0 Å². The number of halogens is 1. The van der Waals surface area contributed by atoms with Gasteiger partial charge in [0.1, 0.15) is 17.6 Å². The topological polar surface area (TPSA) is 83.4 Å². The highest BCUT2D eigenvalue weighted by Crippen LogP contribution is 2.43. The maximum absolute atomic E-state index is 13.8. The highest BCUT2D eigenvalue weighted by Gasteiger charge is 2.48. The van der Waals surface area contributed by atoms with E-state index in [0.717, 1.165) is 4.70 Å². The third-order valence-electron chi connectivity index (χ3n) is 5.33. The first-order valence-corrected chi connectivity index (χ1v) is 10.6. The van der Waals surface area contributed by atoms with Gasteiger partial charge in [0, 0.05) is 11.8 Å². The summed E-state index contributed by atoms with van der Waals surface area (Å²) in [6, 6.07) is 15.6. The zero-order chi connectivity index (χ0) is 22.4. The Balaban J connectivity index is 1.73. The Bertz CT molecular complexity index is 1380. The third kappa shape index (κ3) is 3.16. The van der Waals surface area contributed by atoms with Crippen molar-refractivity contribution in [3.8, 4) is 0 Å². The van der Waals surface area contributed by atoms with Crippen LogP contribution in [0.15, 0.2) is 72.4 Å². The Morgan fingerprint density at radius 1 is 1.09 bits per heavy atom. The molecule has 2 aromatic heterocycles. The molecular formula is C24H16FN3O3S. The van der Waals surface area contributed by atoms with E-state index in [1.165, 1.54) is 34.4 Å². The molecule has 32 heavy (non-hydrogen) atoms. The summed E-state index contributed by atoms with van der Waals surface area (Å²) >= 11 is 1.27. The van der Waals surface area contributed by atoms with Gasteiger partial charge in [-0.1, -0.05) is 29.5 Å². The van der Waals surface area contributed by atoms with Crippen molar-refractivity contribution < 1.29 is 19.1 Å². The number of thiazole rings is 1. The molecule has 1 aliphatic rings. The van der Waals surface area contributed by atoms with Crippen molar-refractivity contribution in [1.82, 2.24) is 9.97 Å². The fourth-order valence-electron chi connectivity index (χ4n) is 3.76. The number of benzene rings is 2. The normalized spacial score (nSPS) is 17.9. The van der Waals surface area contributed by atoms with E-state index in [2.05, 4.69) is 9.97 Å². The zero-order valence-corrected chi connectivity index (χ0v) is 17.6. The van der Waals surface area contributed by atoms with Gasteiger partial charge in [-0.25, -0.2) is 9.37 Å². The average molecular weight is 445 g/mol. The van der Waals surface area contributed by atoms with Crippen molar-refractivity contribution in [2.75, 3.05) is 4.90 Å². The number of aliphatic hydroxyl groups excluding tert-OH is 1. The molecular weight excluding hydrogens is 429 g/mol. The molecule has 1 unspecified atom stereocenters. The number of anilines is 1. The minimum absolute atomic E-state index is 0.112. The average Bonchev–Trinajstić information content (AvgIpc) is 3.34. The van der Waals surface area contributed by atoms with Crippen LogP contribution in [0.1, 0.15) is 22.9 Å². The second-order valence-corrected chi connectivity index (χ2v) is 8.36. The first-order chi connectivity index (χ1) is 15.5. The van der Waals surface area contributed by atoms with E-state index < -0.39 is 23.5 Å². The highest BCUT2D eigenvalue weighted by atomic mass is 32.1. The highest BCUT2D eigenvalue weighted by molar-refractivity contribution is 7.22. The summed E-state index contributed by atoms with van der Waals surface area (Å²) in [6.45, 7) is 1.56. The number of ketones is 1. The van der Waals surface area contributed by atoms with Crippen LogP contribution in [0.3, 0.4) is 0 Å². The van der Waals surface area contributed by atoms with Gasteiger partial charge in [-0.15, -0.1) is 0 Å². The van der Waals surface area contributed by atoms with Crippen LogP contribution in [-0.2, 0) is 9.59 Å². The van der Waals surface area contributed by atoms with E-state index in [0.29, 0.717) is 21.9 Å². The molecule has 1 N–H and O–H groups in total. The van der Waals surface area contributed by atoms with E-state index in [9.17, 15) is 19.1 Å². The predicted octanol–water partition coefficient (Wildman–Crippen LogP) is 4.77. The summed E-state index contributed by atoms with van der Waals surface area (Å²) in [5.74, 6) is -2.47. The van der Waals surface area contributed by atoms with E-state index >= 15 is 0 Å². The lowest BCUT2D eigenvalue weighted by atomic mass is 9.97. The Labute approximate surface area is 186 Å². The van der Waals surface area contributed by atoms with Crippen LogP contribution in [0.2, 0.25) is 0 Å². The fraction of sp³-hybridized carbons (Fsp3) is 0.0833. The summed E-state index contributed by atoms with van der Waals surface area (Å²) in [4.78, 5) is 36.4. The molecule has 0 saturated carbocycles. The number of hydrogen-bond donors (Lipinski definition) is 1. The molecule has 1 amide bonds. The zero-order valence-electron chi connectivity index (χ0n) is 16.8. The Morgan fingerprint density at radius 3 is 2.59 bits per heavy atom. The fourth-order valence-corrected chi connectivity index (χ4v) is 4.75. The largest absolute Gasteiger partial charge is 0.507 e. The van der Waals surface area contributed by atoms with Gasteiger partial charge in [-0.2, -0.15) is 0 Å². The van der Waals surface area contributed by atoms with Gasteiger partial charge >= 0.3 is 5.91 Å². The Morgan fingerprint density at radius 2 is 1.88 bits per heavy atom. The van der Waals surface area contributed by atoms with Crippen LogP contribution in [-0.4, -0.2) is 26.8 Å². The first kappa shape index (κ1) is 20.0. The number of fused-ring (bicyclic) bond motifs is 1. The number of hydrogen-bond acceptors (Lipinski definition) is 6. The van der Waals surface area contributed by atoms with Crippen LogP contribution in [0.5, 0.6) is 0 Å². The molecule has 158 valence electrons. The van der Waals surface area contributed by atoms with Crippen molar-refractivity contribution in [3.05, 3.63) is 95.1 Å². The number of aliphatic hydroxyl groups is 1. The van der Waals surface area contributed by atoms with Crippen molar-refractivity contribution >= 4 is 44.1 Å². The summed E-state index contributed by atoms with van der Waals surface area (Å²) in [5, 5.41) is 11.4. The molecule has 6 nitrogen and oxygen atoms in total. The molecule has 2 aromatic carbocycles. The lowest BCUT2D eigenvalue weighted by Gasteiger charge is -2.22. The minimum atomic E-state index is -0.970. The first-order valence-electron chi connectivity index (χ1n) is 9.79. The standard InChI is InChI=1S/C24H16FN3O3S/c1-13-12-14(9-10-15(13)25)21(29)19-20(17-7-4-5-11-26-17)28(23(31)22(19)30)24-27-16-6-2-3-8-18(16)32-24/h2-12,20,29H,1H3/b21-19+. The monoisotopic (exact) mass is 445 g/mol. The van der Waals surface area contributed by atoms with Crippen molar-refractivity contribution in [3.63, 3.8) is 0 Å². The SMILES string of the molecule is Cc1cc(/C(O)=C2\C(=O)C(=O)N(c3nc4ccccc4s3)C2c2ccccn2)ccc1F. The molecule has 0 bridgehead atoms. The second kappa shape index (κ2) is 7.65. The lowest BCUT2D eigenvalue weighted by Crippen LogP contribution is -2.29. The van der Waals surface area contributed by atoms with E-state index in [-0.39, 0.29) is 16.9 Å². The molecule has 8 heteroatoms. The molecule has 4 aromatic rings. The molecule has 1 fully saturated rings. The maximum atomic E-state index is 13.8. The molecule has 1 aliphatic heterocycles. The summed E-state index contributed by atoms with van der Waals surface area (Å²) in [5.41, 5.74) is 1.55. The third-order valence-corrected chi connectivity index (χ3v) is 6.37. The van der Waals surface area contributed by atoms with Crippen molar-refractivity contribution in [1.29, 1.82) is 0 Å². The predicted molar refractivity (Wildman–Crippen MR) is 120 cm³/mol. The van der Waals surface area contributed by atoms with Crippen LogP contribution in [0.4, 0.5) is 9.52 Å². The molecule has 1 atom stereocenters. The van der Waals surface area contributed by atoms with Gasteiger partial charge in [-0.05, 0) is 55.0 Å². The maximum Gasteiger partial charge on any atom is 0.301 e. The number of nitrogens with zero attached hydrogens (tertiary/aromatic N) is 3. The number of para-hydroxylation sites is 1. The van der Waals surface area contributed by atoms with Gasteiger partial charge in [0.15, 0.2) is 5.13 Å². The summed E-state index contributed by atoms with van der Waals surface area (Å²) < 4.78 is 14.6. The number of aryl methyl sites for hydroxylation is 1. The van der Waals surface area contributed by atoms with Gasteiger partial charge in [0.25, 0.3) is 5.78 Å². The Hall–Kier alpha value is -3.91. The number of amides is 1. The molecule has 3 heterocycles. The number of Topliss-reactive ketones (excluding diaryl/α,β-unsaturated/α-hetero) is 1. The van der Waals surface area contributed by atoms with Gasteiger partial charge in [0.05, 0.1) is 21.5 Å². The number of carbonyl (C=O) groups is 2. The molecule has 0 aliphatic carbocycles. The lowest BCUT2D eigenvalue weighted by molar-refractivity contribution is -0.132. The van der Waals surface area contributed by atoms with Crippen LogP contribution in [0.25, 0.3) is 16.0 Å². The molecule has 5 rings (SSSR count). The van der Waals surface area contributed by atoms with Crippen molar-refractivity contribution in [2.24, 2.45) is 0 Å². The Kier molecular flexibility index (Phi) is 4.79. The van der Waals surface area contributed by atoms with Gasteiger partial charge in [-0.3, -0.25) is 19.5 Å². The second-order valence-electron chi connectivity index (χ2n) is 7.35. The summed E-state index contributed by atoms with van der Waals surface area (Å²) in [6.07, 6.45) is 1.55. The smallest absolute Gasteiger partial charge is 0.301 e. The minimum Gasteiger partial charge on any atom is -0.507 e. The van der Waals surface area contributed by atoms with E-state index in [4.69, 9.17) is 0 Å². The van der Waals surface area contributed by atoms with Crippen LogP contribution >= 0.6 is 11.3 Å². The van der Waals surface area contributed by atoms with Gasteiger partial charge < -0.3 is 5.11 Å². The quantitative estimate of drug-likeness (QED) is 0.279. The number of rotatable bonds is 3. The number of aromatic nitrogens is 2. The molecule has 0 radical (unpaired) electrons.